The second-order valence-corrected chi connectivity index (χ2v) is 6.64. The molecule has 0 aromatic rings. The lowest BCUT2D eigenvalue weighted by Crippen LogP contribution is -2.43. The van der Waals surface area contributed by atoms with E-state index in [1.165, 1.54) is 6.20 Å². The highest BCUT2D eigenvalue weighted by Gasteiger charge is 2.62. The van der Waals surface area contributed by atoms with E-state index in [9.17, 15) is 18.0 Å². The van der Waals surface area contributed by atoms with Crippen molar-refractivity contribution in [2.24, 2.45) is 5.41 Å². The van der Waals surface area contributed by atoms with Crippen LogP contribution in [0.4, 0.5) is 18.0 Å². The minimum Gasteiger partial charge on any atom is -0.442 e. The van der Waals surface area contributed by atoms with Gasteiger partial charge in [0.25, 0.3) is 0 Å². The van der Waals surface area contributed by atoms with Crippen molar-refractivity contribution < 1.29 is 27.4 Å². The average molecular weight is 352 g/mol. The highest BCUT2D eigenvalue weighted by molar-refractivity contribution is 5.69. The molecule has 5 nitrogen and oxygen atoms in total. The van der Waals surface area contributed by atoms with Gasteiger partial charge in [-0.1, -0.05) is 13.8 Å². The molecule has 24 heavy (non-hydrogen) atoms. The van der Waals surface area contributed by atoms with E-state index in [1.54, 1.807) is 26.8 Å². The SMILES string of the molecule is CC.CC(C)(C)OC(=O)N1C=CC(OCCC2(C(F)(F)F)CC2)N1. The number of hydrogen-bond donors (Lipinski definition) is 1. The third-order valence-electron chi connectivity index (χ3n) is 3.60. The molecule has 140 valence electrons. The van der Waals surface area contributed by atoms with Gasteiger partial charge >= 0.3 is 12.3 Å². The summed E-state index contributed by atoms with van der Waals surface area (Å²) in [5, 5.41) is 1.12. The van der Waals surface area contributed by atoms with Crippen molar-refractivity contribution in [2.45, 2.75) is 71.9 Å². The van der Waals surface area contributed by atoms with Gasteiger partial charge in [-0.2, -0.15) is 18.6 Å². The maximum atomic E-state index is 12.8. The molecule has 2 rings (SSSR count). The summed E-state index contributed by atoms with van der Waals surface area (Å²) in [5.41, 5.74) is 0.505. The molecule has 1 atom stereocenters. The van der Waals surface area contributed by atoms with Gasteiger partial charge in [-0.25, -0.2) is 9.80 Å². The first kappa shape index (κ1) is 20.8. The number of alkyl halides is 3. The molecule has 0 spiro atoms. The van der Waals surface area contributed by atoms with Crippen LogP contribution in [0.2, 0.25) is 0 Å². The van der Waals surface area contributed by atoms with Crippen molar-refractivity contribution in [2.75, 3.05) is 6.61 Å². The van der Waals surface area contributed by atoms with Crippen LogP contribution in [0.5, 0.6) is 0 Å². The zero-order chi connectivity index (χ0) is 18.6. The largest absolute Gasteiger partial charge is 0.442 e. The van der Waals surface area contributed by atoms with Gasteiger partial charge in [0.05, 0.1) is 5.41 Å². The summed E-state index contributed by atoms with van der Waals surface area (Å²) in [4.78, 5) is 11.8. The van der Waals surface area contributed by atoms with Crippen molar-refractivity contribution in [3.8, 4) is 0 Å². The van der Waals surface area contributed by atoms with Crippen LogP contribution in [-0.4, -0.2) is 35.7 Å². The van der Waals surface area contributed by atoms with Crippen molar-refractivity contribution >= 4 is 6.09 Å². The Labute approximate surface area is 141 Å². The third kappa shape index (κ3) is 5.66. The van der Waals surface area contributed by atoms with E-state index in [1.807, 2.05) is 13.8 Å². The van der Waals surface area contributed by atoms with Crippen LogP contribution in [0.15, 0.2) is 12.3 Å². The number of ether oxygens (including phenoxy) is 2. The average Bonchev–Trinajstić information content (AvgIpc) is 3.10. The Morgan fingerprint density at radius 1 is 1.29 bits per heavy atom. The lowest BCUT2D eigenvalue weighted by molar-refractivity contribution is -0.192. The van der Waals surface area contributed by atoms with E-state index in [-0.39, 0.29) is 25.9 Å². The van der Waals surface area contributed by atoms with Crippen molar-refractivity contribution in [1.29, 1.82) is 0 Å². The zero-order valence-electron chi connectivity index (χ0n) is 14.9. The first-order valence-electron chi connectivity index (χ1n) is 8.18. The summed E-state index contributed by atoms with van der Waals surface area (Å²) in [5.74, 6) is 0. The normalized spacial score (nSPS) is 22.0. The Morgan fingerprint density at radius 2 is 1.88 bits per heavy atom. The molecular formula is C16H27F3N2O3. The molecule has 1 amide bonds. The smallest absolute Gasteiger partial charge is 0.429 e. The highest BCUT2D eigenvalue weighted by atomic mass is 19.4. The van der Waals surface area contributed by atoms with E-state index in [4.69, 9.17) is 9.47 Å². The number of hydrogen-bond acceptors (Lipinski definition) is 4. The predicted molar refractivity (Wildman–Crippen MR) is 83.8 cm³/mol. The number of carbonyl (C=O) groups excluding carboxylic acids is 1. The van der Waals surface area contributed by atoms with Crippen LogP contribution in [-0.2, 0) is 9.47 Å². The van der Waals surface area contributed by atoms with Crippen molar-refractivity contribution in [1.82, 2.24) is 10.4 Å². The Morgan fingerprint density at radius 3 is 2.33 bits per heavy atom. The third-order valence-corrected chi connectivity index (χ3v) is 3.60. The maximum absolute atomic E-state index is 12.8. The molecule has 2 aliphatic rings. The second kappa shape index (κ2) is 7.74. The molecule has 0 bridgehead atoms. The molecule has 1 fully saturated rings. The lowest BCUT2D eigenvalue weighted by Gasteiger charge is -2.24. The number of nitrogens with one attached hydrogen (secondary N) is 1. The van der Waals surface area contributed by atoms with Gasteiger partial charge in [-0.3, -0.25) is 0 Å². The standard InChI is InChI=1S/C14H21F3N2O3.C2H6/c1-12(2,3)22-11(20)19-8-4-10(18-19)21-9-7-13(5-6-13)14(15,16)17;1-2/h4,8,10,18H,5-7,9H2,1-3H3;1-2H3. The molecule has 1 unspecified atom stereocenters. The Bertz CT molecular complexity index is 454. The van der Waals surface area contributed by atoms with Gasteiger partial charge in [0.2, 0.25) is 0 Å². The fourth-order valence-electron chi connectivity index (χ4n) is 2.11. The molecule has 1 aliphatic carbocycles. The highest BCUT2D eigenvalue weighted by Crippen LogP contribution is 2.59. The number of nitrogens with zero attached hydrogens (tertiary/aromatic N) is 1. The van der Waals surface area contributed by atoms with E-state index in [2.05, 4.69) is 5.43 Å². The number of halogens is 3. The van der Waals surface area contributed by atoms with E-state index in [0.29, 0.717) is 0 Å². The van der Waals surface area contributed by atoms with Crippen LogP contribution in [0.25, 0.3) is 0 Å². The Kier molecular flexibility index (Phi) is 6.69. The van der Waals surface area contributed by atoms with Crippen LogP contribution < -0.4 is 5.43 Å². The van der Waals surface area contributed by atoms with Crippen LogP contribution in [0.3, 0.4) is 0 Å². The van der Waals surface area contributed by atoms with Gasteiger partial charge in [0.1, 0.15) is 11.8 Å². The monoisotopic (exact) mass is 352 g/mol. The molecule has 1 aliphatic heterocycles. The minimum atomic E-state index is -4.17. The van der Waals surface area contributed by atoms with Gasteiger partial charge in [0.15, 0.2) is 0 Å². The van der Waals surface area contributed by atoms with E-state index >= 15 is 0 Å². The van der Waals surface area contributed by atoms with Crippen LogP contribution >= 0.6 is 0 Å². The van der Waals surface area contributed by atoms with Crippen molar-refractivity contribution in [3.63, 3.8) is 0 Å². The summed E-state index contributed by atoms with van der Waals surface area (Å²) >= 11 is 0. The fraction of sp³-hybridized carbons (Fsp3) is 0.812. The fourth-order valence-corrected chi connectivity index (χ4v) is 2.11. The van der Waals surface area contributed by atoms with Crippen LogP contribution in [0.1, 0.15) is 53.9 Å². The number of carbonyl (C=O) groups is 1. The zero-order valence-corrected chi connectivity index (χ0v) is 14.9. The second-order valence-electron chi connectivity index (χ2n) is 6.64. The lowest BCUT2D eigenvalue weighted by atomic mass is 10.0. The molecule has 8 heteroatoms. The molecule has 1 N–H and O–H groups in total. The van der Waals surface area contributed by atoms with Crippen molar-refractivity contribution in [3.05, 3.63) is 12.3 Å². The summed E-state index contributed by atoms with van der Waals surface area (Å²) < 4.78 is 48.8. The topological polar surface area (TPSA) is 50.8 Å². The maximum Gasteiger partial charge on any atom is 0.429 e. The summed E-state index contributed by atoms with van der Waals surface area (Å²) in [6.07, 6.45) is -2.13. The summed E-state index contributed by atoms with van der Waals surface area (Å²) in [6.45, 7) is 9.20. The molecule has 0 radical (unpaired) electrons. The Hall–Kier alpha value is -1.28. The van der Waals surface area contributed by atoms with Gasteiger partial charge < -0.3 is 9.47 Å². The van der Waals surface area contributed by atoms with Gasteiger partial charge in [0, 0.05) is 12.8 Å². The summed E-state index contributed by atoms with van der Waals surface area (Å²) in [6, 6.07) is 0. The quantitative estimate of drug-likeness (QED) is 0.817. The summed E-state index contributed by atoms with van der Waals surface area (Å²) in [7, 11) is 0. The van der Waals surface area contributed by atoms with E-state index in [0.717, 1.165) is 5.01 Å². The number of rotatable bonds is 4. The number of hydrazine groups is 1. The van der Waals surface area contributed by atoms with Gasteiger partial charge in [-0.05, 0) is 46.1 Å². The minimum absolute atomic E-state index is 0.0241. The molecule has 0 saturated heterocycles. The van der Waals surface area contributed by atoms with Crippen LogP contribution in [0, 0.1) is 5.41 Å². The first-order valence-corrected chi connectivity index (χ1v) is 8.18. The molecule has 1 heterocycles. The molecule has 1 saturated carbocycles. The molecule has 0 aromatic carbocycles. The Balaban J connectivity index is 0.00000139. The van der Waals surface area contributed by atoms with E-state index < -0.39 is 29.5 Å². The first-order chi connectivity index (χ1) is 11.0. The van der Waals surface area contributed by atoms with Gasteiger partial charge in [-0.15, -0.1) is 0 Å². The molecular weight excluding hydrogens is 325 g/mol. The predicted octanol–water partition coefficient (Wildman–Crippen LogP) is 4.36. The number of amides is 1. The molecule has 0 aromatic heterocycles.